The van der Waals surface area contributed by atoms with Crippen molar-refractivity contribution in [3.8, 4) is 0 Å². The summed E-state index contributed by atoms with van der Waals surface area (Å²) >= 11 is 6.67. The van der Waals surface area contributed by atoms with Gasteiger partial charge in [0.15, 0.2) is 0 Å². The van der Waals surface area contributed by atoms with Crippen LogP contribution in [0.1, 0.15) is 12.5 Å². The van der Waals surface area contributed by atoms with Crippen LogP contribution in [0.25, 0.3) is 0 Å². The van der Waals surface area contributed by atoms with Crippen molar-refractivity contribution < 1.29 is 4.39 Å². The molecule has 0 saturated heterocycles. The van der Waals surface area contributed by atoms with Gasteiger partial charge >= 0.3 is 0 Å². The van der Waals surface area contributed by atoms with Crippen LogP contribution in [0.15, 0.2) is 35.3 Å². The van der Waals surface area contributed by atoms with Crippen LogP contribution in [-0.2, 0) is 6.42 Å². The molecular weight excluding hydrogens is 323 g/mol. The minimum absolute atomic E-state index is 0.103. The Morgan fingerprint density at radius 2 is 2.20 bits per heavy atom. The van der Waals surface area contributed by atoms with Gasteiger partial charge in [0.1, 0.15) is 5.82 Å². The summed E-state index contributed by atoms with van der Waals surface area (Å²) in [5.74, 6) is -0.168. The molecule has 0 radical (unpaired) electrons. The third kappa shape index (κ3) is 3.42. The molecule has 1 aromatic rings. The van der Waals surface area contributed by atoms with E-state index in [-0.39, 0.29) is 11.2 Å². The van der Waals surface area contributed by atoms with Gasteiger partial charge in [0.2, 0.25) is 0 Å². The zero-order chi connectivity index (χ0) is 11.5. The van der Waals surface area contributed by atoms with Gasteiger partial charge < -0.3 is 0 Å². The minimum Gasteiger partial charge on any atom is -0.207 e. The molecule has 82 valence electrons. The monoisotopic (exact) mass is 334 g/mol. The molecule has 0 nitrogen and oxygen atoms in total. The summed E-state index contributed by atoms with van der Waals surface area (Å²) in [4.78, 5) is 0. The number of halogens is 3. The predicted molar refractivity (Wildman–Crippen MR) is 69.9 cm³/mol. The van der Waals surface area contributed by atoms with Crippen molar-refractivity contribution in [2.45, 2.75) is 13.3 Å². The highest BCUT2D eigenvalue weighted by atomic mass is 79.9. The van der Waals surface area contributed by atoms with E-state index in [0.29, 0.717) is 6.42 Å². The van der Waals surface area contributed by atoms with Gasteiger partial charge in [-0.3, -0.25) is 0 Å². The lowest BCUT2D eigenvalue weighted by atomic mass is 9.86. The van der Waals surface area contributed by atoms with Crippen LogP contribution < -0.4 is 0 Å². The second-order valence-electron chi connectivity index (χ2n) is 3.90. The third-order valence-electron chi connectivity index (χ3n) is 2.41. The van der Waals surface area contributed by atoms with Gasteiger partial charge in [0, 0.05) is 9.80 Å². The van der Waals surface area contributed by atoms with Gasteiger partial charge in [-0.25, -0.2) is 4.39 Å². The molecule has 0 aliphatic carbocycles. The Kier molecular flexibility index (Phi) is 4.53. The van der Waals surface area contributed by atoms with Crippen molar-refractivity contribution in [1.82, 2.24) is 0 Å². The van der Waals surface area contributed by atoms with E-state index in [1.807, 2.05) is 18.2 Å². The fraction of sp³-hybridized carbons (Fsp3) is 0.333. The molecule has 0 spiro atoms. The van der Waals surface area contributed by atoms with E-state index in [0.717, 1.165) is 15.4 Å². The lowest BCUT2D eigenvalue weighted by molar-refractivity contribution is 0.476. The van der Waals surface area contributed by atoms with Crippen molar-refractivity contribution in [1.29, 1.82) is 0 Å². The average Bonchev–Trinajstić information content (AvgIpc) is 2.22. The Balaban J connectivity index is 2.94. The molecule has 0 bridgehead atoms. The van der Waals surface area contributed by atoms with E-state index in [9.17, 15) is 4.39 Å². The largest absolute Gasteiger partial charge is 0.207 e. The predicted octanol–water partition coefficient (Wildman–Crippen LogP) is 4.72. The standard InChI is InChI=1S/C12H13Br2F/c1-3-12(2,8-13)7-9-4-5-10(14)6-11(9)15/h3-6H,1,7-8H2,2H3. The number of benzene rings is 1. The average molecular weight is 336 g/mol. The van der Waals surface area contributed by atoms with Crippen LogP contribution in [0.2, 0.25) is 0 Å². The Bertz CT molecular complexity index is 363. The number of hydrogen-bond donors (Lipinski definition) is 0. The molecule has 0 aliphatic heterocycles. The molecule has 1 aromatic carbocycles. The first-order valence-corrected chi connectivity index (χ1v) is 6.56. The van der Waals surface area contributed by atoms with E-state index in [4.69, 9.17) is 0 Å². The summed E-state index contributed by atoms with van der Waals surface area (Å²) in [6.07, 6.45) is 2.52. The molecular formula is C12H13Br2F. The summed E-state index contributed by atoms with van der Waals surface area (Å²) < 4.78 is 14.3. The molecule has 1 atom stereocenters. The van der Waals surface area contributed by atoms with Gasteiger partial charge in [-0.05, 0) is 29.5 Å². The molecule has 15 heavy (non-hydrogen) atoms. The first-order valence-electron chi connectivity index (χ1n) is 4.64. The van der Waals surface area contributed by atoms with Gasteiger partial charge in [0.25, 0.3) is 0 Å². The lowest BCUT2D eigenvalue weighted by Crippen LogP contribution is -2.18. The van der Waals surface area contributed by atoms with Gasteiger partial charge in [-0.2, -0.15) is 0 Å². The highest BCUT2D eigenvalue weighted by Crippen LogP contribution is 2.28. The highest BCUT2D eigenvalue weighted by Gasteiger charge is 2.20. The Morgan fingerprint density at radius 1 is 1.53 bits per heavy atom. The second kappa shape index (κ2) is 5.26. The third-order valence-corrected chi connectivity index (χ3v) is 4.18. The number of alkyl halides is 1. The summed E-state index contributed by atoms with van der Waals surface area (Å²) in [6.45, 7) is 5.84. The molecule has 0 fully saturated rings. The van der Waals surface area contributed by atoms with Crippen molar-refractivity contribution in [3.63, 3.8) is 0 Å². The quantitative estimate of drug-likeness (QED) is 0.551. The Hall–Kier alpha value is -0.150. The maximum absolute atomic E-state index is 13.6. The smallest absolute Gasteiger partial charge is 0.127 e. The topological polar surface area (TPSA) is 0 Å². The molecule has 1 rings (SSSR count). The fourth-order valence-electron chi connectivity index (χ4n) is 1.27. The summed E-state index contributed by atoms with van der Waals surface area (Å²) in [5, 5.41) is 0.777. The molecule has 0 aromatic heterocycles. The van der Waals surface area contributed by atoms with E-state index in [2.05, 4.69) is 45.4 Å². The van der Waals surface area contributed by atoms with Crippen LogP contribution in [0.5, 0.6) is 0 Å². The van der Waals surface area contributed by atoms with E-state index < -0.39 is 0 Å². The van der Waals surface area contributed by atoms with Crippen molar-refractivity contribution in [2.24, 2.45) is 5.41 Å². The lowest BCUT2D eigenvalue weighted by Gasteiger charge is -2.23. The van der Waals surface area contributed by atoms with Gasteiger partial charge in [0.05, 0.1) is 0 Å². The van der Waals surface area contributed by atoms with E-state index >= 15 is 0 Å². The van der Waals surface area contributed by atoms with E-state index in [1.54, 1.807) is 0 Å². The zero-order valence-corrected chi connectivity index (χ0v) is 11.7. The maximum Gasteiger partial charge on any atom is 0.127 e. The summed E-state index contributed by atoms with van der Waals surface area (Å²) in [6, 6.07) is 5.16. The molecule has 3 heteroatoms. The Labute approximate surface area is 107 Å². The SMILES string of the molecule is C=CC(C)(CBr)Cc1ccc(Br)cc1F. The van der Waals surface area contributed by atoms with Crippen LogP contribution >= 0.6 is 31.9 Å². The van der Waals surface area contributed by atoms with Gasteiger partial charge in [-0.1, -0.05) is 50.9 Å². The number of hydrogen-bond acceptors (Lipinski definition) is 0. The normalized spacial score (nSPS) is 14.7. The fourth-order valence-corrected chi connectivity index (χ4v) is 2.03. The summed E-state index contributed by atoms with van der Waals surface area (Å²) in [7, 11) is 0. The first kappa shape index (κ1) is 12.9. The Morgan fingerprint density at radius 3 is 2.67 bits per heavy atom. The van der Waals surface area contributed by atoms with Crippen LogP contribution in [0.4, 0.5) is 4.39 Å². The van der Waals surface area contributed by atoms with Crippen LogP contribution in [-0.4, -0.2) is 5.33 Å². The molecule has 0 amide bonds. The zero-order valence-electron chi connectivity index (χ0n) is 8.56. The minimum atomic E-state index is -0.168. The maximum atomic E-state index is 13.6. The van der Waals surface area contributed by atoms with Gasteiger partial charge in [-0.15, -0.1) is 6.58 Å². The van der Waals surface area contributed by atoms with E-state index in [1.165, 1.54) is 6.07 Å². The van der Waals surface area contributed by atoms with Crippen molar-refractivity contribution in [3.05, 3.63) is 46.7 Å². The molecule has 1 unspecified atom stereocenters. The van der Waals surface area contributed by atoms with Crippen LogP contribution in [0, 0.1) is 11.2 Å². The van der Waals surface area contributed by atoms with Crippen LogP contribution in [0.3, 0.4) is 0 Å². The summed E-state index contributed by atoms with van der Waals surface area (Å²) in [5.41, 5.74) is 0.620. The molecule has 0 N–H and O–H groups in total. The number of rotatable bonds is 4. The van der Waals surface area contributed by atoms with Crippen molar-refractivity contribution in [2.75, 3.05) is 5.33 Å². The second-order valence-corrected chi connectivity index (χ2v) is 5.38. The number of allylic oxidation sites excluding steroid dienone is 1. The molecule has 0 saturated carbocycles. The first-order chi connectivity index (χ1) is 7.00. The highest BCUT2D eigenvalue weighted by molar-refractivity contribution is 9.10. The molecule has 0 aliphatic rings. The van der Waals surface area contributed by atoms with Crippen molar-refractivity contribution >= 4 is 31.9 Å². The molecule has 0 heterocycles.